The summed E-state index contributed by atoms with van der Waals surface area (Å²) in [7, 11) is -3.43. The summed E-state index contributed by atoms with van der Waals surface area (Å²) in [6.07, 6.45) is 0. The molecule has 0 atom stereocenters. The Bertz CT molecular complexity index is 824. The topological polar surface area (TPSA) is 58.2 Å². The minimum absolute atomic E-state index is 0.128. The molecule has 0 aromatic heterocycles. The van der Waals surface area contributed by atoms with Gasteiger partial charge in [-0.1, -0.05) is 24.3 Å². The van der Waals surface area contributed by atoms with Crippen LogP contribution in [0, 0.1) is 11.6 Å². The first-order valence-corrected chi connectivity index (χ1v) is 9.63. The fourth-order valence-corrected chi connectivity index (χ4v) is 3.98. The zero-order valence-corrected chi connectivity index (χ0v) is 15.0. The van der Waals surface area contributed by atoms with Crippen molar-refractivity contribution in [1.29, 1.82) is 0 Å². The molecule has 2 aromatic carbocycles. The quantitative estimate of drug-likeness (QED) is 0.753. The fraction of sp³-hybridized carbons (Fsp3) is 0.333. The highest BCUT2D eigenvalue weighted by Gasteiger charge is 2.15. The highest BCUT2D eigenvalue weighted by molar-refractivity contribution is 7.88. The Morgan fingerprint density at radius 2 is 1.60 bits per heavy atom. The number of sulfonamides is 1. The maximum atomic E-state index is 13.6. The van der Waals surface area contributed by atoms with Gasteiger partial charge in [-0.05, 0) is 43.2 Å². The minimum Gasteiger partial charge on any atom is -0.308 e. The van der Waals surface area contributed by atoms with Crippen LogP contribution in [0.4, 0.5) is 8.78 Å². The van der Waals surface area contributed by atoms with Crippen molar-refractivity contribution >= 4 is 10.0 Å². The molecule has 0 radical (unpaired) electrons. The molecule has 2 aromatic rings. The van der Waals surface area contributed by atoms with Gasteiger partial charge in [-0.25, -0.2) is 21.9 Å². The van der Waals surface area contributed by atoms with E-state index in [1.165, 1.54) is 0 Å². The van der Waals surface area contributed by atoms with Crippen molar-refractivity contribution in [3.8, 4) is 0 Å². The van der Waals surface area contributed by atoms with Gasteiger partial charge < -0.3 is 5.32 Å². The summed E-state index contributed by atoms with van der Waals surface area (Å²) >= 11 is 0. The van der Waals surface area contributed by atoms with E-state index in [2.05, 4.69) is 10.0 Å². The molecule has 0 saturated heterocycles. The predicted molar refractivity (Wildman–Crippen MR) is 94.2 cm³/mol. The van der Waals surface area contributed by atoms with Gasteiger partial charge in [-0.3, -0.25) is 0 Å². The zero-order chi connectivity index (χ0) is 18.4. The lowest BCUT2D eigenvalue weighted by Crippen LogP contribution is -2.31. The van der Waals surface area contributed by atoms with Gasteiger partial charge in [0, 0.05) is 24.7 Å². The number of hydrogen-bond acceptors (Lipinski definition) is 3. The largest absolute Gasteiger partial charge is 0.308 e. The third-order valence-electron chi connectivity index (χ3n) is 3.52. The molecule has 25 heavy (non-hydrogen) atoms. The van der Waals surface area contributed by atoms with E-state index in [0.717, 1.165) is 23.8 Å². The molecule has 2 N–H and O–H groups in total. The summed E-state index contributed by atoms with van der Waals surface area (Å²) in [6.45, 7) is 4.02. The zero-order valence-electron chi connectivity index (χ0n) is 14.2. The Balaban J connectivity index is 2.04. The molecular weight excluding hydrogens is 346 g/mol. The van der Waals surface area contributed by atoms with Crippen molar-refractivity contribution in [3.05, 3.63) is 70.8 Å². The summed E-state index contributed by atoms with van der Waals surface area (Å²) in [4.78, 5) is 0. The van der Waals surface area contributed by atoms with Gasteiger partial charge in [-0.15, -0.1) is 0 Å². The molecule has 0 fully saturated rings. The first kappa shape index (κ1) is 19.5. The molecule has 136 valence electrons. The number of benzene rings is 2. The van der Waals surface area contributed by atoms with Gasteiger partial charge in [0.2, 0.25) is 10.0 Å². The van der Waals surface area contributed by atoms with E-state index in [0.29, 0.717) is 12.1 Å². The molecule has 0 bridgehead atoms. The van der Waals surface area contributed by atoms with Crippen molar-refractivity contribution in [2.75, 3.05) is 0 Å². The normalized spacial score (nSPS) is 11.9. The Hall–Kier alpha value is -1.83. The molecule has 0 amide bonds. The molecular formula is C18H22F2N2O2S. The van der Waals surface area contributed by atoms with E-state index >= 15 is 0 Å². The van der Waals surface area contributed by atoms with Gasteiger partial charge in [0.25, 0.3) is 0 Å². The van der Waals surface area contributed by atoms with Crippen molar-refractivity contribution in [2.24, 2.45) is 0 Å². The Kier molecular flexibility index (Phi) is 6.64. The number of halogens is 2. The van der Waals surface area contributed by atoms with Crippen LogP contribution in [0.15, 0.2) is 42.5 Å². The van der Waals surface area contributed by atoms with Crippen molar-refractivity contribution in [3.63, 3.8) is 0 Å². The lowest BCUT2D eigenvalue weighted by molar-refractivity contribution is 0.566. The van der Waals surface area contributed by atoms with E-state index < -0.39 is 21.7 Å². The van der Waals surface area contributed by atoms with E-state index in [4.69, 9.17) is 0 Å². The van der Waals surface area contributed by atoms with Crippen LogP contribution in [0.1, 0.15) is 30.5 Å². The van der Waals surface area contributed by atoms with E-state index in [-0.39, 0.29) is 23.9 Å². The lowest BCUT2D eigenvalue weighted by atomic mass is 10.1. The molecule has 0 saturated carbocycles. The first-order valence-electron chi connectivity index (χ1n) is 7.98. The molecule has 0 aliphatic heterocycles. The average Bonchev–Trinajstić information content (AvgIpc) is 2.50. The van der Waals surface area contributed by atoms with Gasteiger partial charge in [0.15, 0.2) is 0 Å². The Labute approximate surface area is 147 Å². The van der Waals surface area contributed by atoms with Crippen LogP contribution in [0.2, 0.25) is 0 Å². The van der Waals surface area contributed by atoms with Crippen LogP contribution in [0.5, 0.6) is 0 Å². The van der Waals surface area contributed by atoms with Crippen LogP contribution < -0.4 is 10.0 Å². The van der Waals surface area contributed by atoms with E-state index in [1.807, 2.05) is 12.1 Å². The second kappa shape index (κ2) is 8.51. The third kappa shape index (κ3) is 6.19. The van der Waals surface area contributed by atoms with Crippen LogP contribution in [0.3, 0.4) is 0 Å². The van der Waals surface area contributed by atoms with Crippen LogP contribution in [-0.2, 0) is 28.9 Å². The summed E-state index contributed by atoms with van der Waals surface area (Å²) in [5.74, 6) is -1.10. The Morgan fingerprint density at radius 3 is 2.28 bits per heavy atom. The molecule has 0 heterocycles. The molecule has 0 unspecified atom stereocenters. The Morgan fingerprint density at radius 1 is 0.960 bits per heavy atom. The van der Waals surface area contributed by atoms with Crippen molar-refractivity contribution in [1.82, 2.24) is 10.0 Å². The summed E-state index contributed by atoms with van der Waals surface area (Å²) in [6, 6.07) is 10.3. The minimum atomic E-state index is -3.43. The molecule has 7 heteroatoms. The molecule has 0 aliphatic rings. The monoisotopic (exact) mass is 368 g/mol. The van der Waals surface area contributed by atoms with Gasteiger partial charge in [0.05, 0.1) is 5.75 Å². The predicted octanol–water partition coefficient (Wildman–Crippen LogP) is 3.08. The van der Waals surface area contributed by atoms with Gasteiger partial charge in [0.1, 0.15) is 11.6 Å². The number of rotatable bonds is 8. The SMILES string of the molecule is CC(C)NS(=O)(=O)Cc1ccccc1CNCc1cc(F)ccc1F. The third-order valence-corrected chi connectivity index (χ3v) is 5.04. The van der Waals surface area contributed by atoms with Crippen LogP contribution in [0.25, 0.3) is 0 Å². The molecule has 0 spiro atoms. The summed E-state index contributed by atoms with van der Waals surface area (Å²) in [5, 5.41) is 3.03. The van der Waals surface area contributed by atoms with Crippen LogP contribution in [-0.4, -0.2) is 14.5 Å². The fourth-order valence-electron chi connectivity index (χ4n) is 2.49. The second-order valence-electron chi connectivity index (χ2n) is 6.14. The molecule has 0 aliphatic carbocycles. The highest BCUT2D eigenvalue weighted by Crippen LogP contribution is 2.14. The van der Waals surface area contributed by atoms with Crippen molar-refractivity contribution in [2.45, 2.75) is 38.7 Å². The first-order chi connectivity index (χ1) is 11.8. The second-order valence-corrected chi connectivity index (χ2v) is 7.89. The maximum Gasteiger partial charge on any atom is 0.216 e. The molecule has 2 rings (SSSR count). The van der Waals surface area contributed by atoms with Gasteiger partial charge in [-0.2, -0.15) is 0 Å². The summed E-state index contributed by atoms with van der Waals surface area (Å²) in [5.41, 5.74) is 1.70. The van der Waals surface area contributed by atoms with Crippen LogP contribution >= 0.6 is 0 Å². The average molecular weight is 368 g/mol. The highest BCUT2D eigenvalue weighted by atomic mass is 32.2. The standard InChI is InChI=1S/C18H22F2N2O2S/c1-13(2)22-25(23,24)12-15-6-4-3-5-14(15)10-21-11-16-9-17(19)7-8-18(16)20/h3-9,13,21-22H,10-12H2,1-2H3. The maximum absolute atomic E-state index is 13.6. The summed E-state index contributed by atoms with van der Waals surface area (Å²) < 4.78 is 53.6. The lowest BCUT2D eigenvalue weighted by Gasteiger charge is -2.13. The smallest absolute Gasteiger partial charge is 0.216 e. The number of nitrogens with one attached hydrogen (secondary N) is 2. The van der Waals surface area contributed by atoms with E-state index in [1.54, 1.807) is 26.0 Å². The van der Waals surface area contributed by atoms with E-state index in [9.17, 15) is 17.2 Å². The van der Waals surface area contributed by atoms with Gasteiger partial charge >= 0.3 is 0 Å². The molecule has 4 nitrogen and oxygen atoms in total. The van der Waals surface area contributed by atoms with Crippen molar-refractivity contribution < 1.29 is 17.2 Å². The number of hydrogen-bond donors (Lipinski definition) is 2.